The van der Waals surface area contributed by atoms with Crippen molar-refractivity contribution in [2.45, 2.75) is 5.66 Å². The van der Waals surface area contributed by atoms with Gasteiger partial charge in [-0.05, 0) is 0 Å². The number of halogens is 2. The quantitative estimate of drug-likeness (QED) is 0.730. The van der Waals surface area contributed by atoms with E-state index in [4.69, 9.17) is 0 Å². The van der Waals surface area contributed by atoms with Crippen LogP contribution in [0.1, 0.15) is 5.01 Å². The molecule has 0 aliphatic heterocycles. The lowest BCUT2D eigenvalue weighted by Crippen LogP contribution is -2.00. The molecule has 0 amide bonds. The van der Waals surface area contributed by atoms with Gasteiger partial charge in [0.25, 0.3) is 0 Å². The van der Waals surface area contributed by atoms with Crippen LogP contribution < -0.4 is 5.32 Å². The van der Waals surface area contributed by atoms with Gasteiger partial charge in [-0.1, -0.05) is 20.6 Å². The van der Waals surface area contributed by atoms with Crippen LogP contribution in [-0.4, -0.2) is 17.2 Å². The Bertz CT molecular complexity index is 246. The van der Waals surface area contributed by atoms with Gasteiger partial charge in [0.15, 0.2) is 5.01 Å². The molecule has 1 rings (SSSR count). The van der Waals surface area contributed by atoms with E-state index in [1.165, 1.54) is 9.24 Å². The molecule has 0 spiro atoms. The first-order valence-electron chi connectivity index (χ1n) is 2.72. The predicted molar refractivity (Wildman–Crippen MR) is 43.1 cm³/mol. The Morgan fingerprint density at radius 1 is 1.55 bits per heavy atom. The van der Waals surface area contributed by atoms with Gasteiger partial charge in [-0.15, -0.1) is 10.2 Å². The monoisotopic (exact) mass is 197 g/mol. The molecule has 1 atom stereocenters. The van der Waals surface area contributed by atoms with E-state index < -0.39 is 5.66 Å². The zero-order valence-corrected chi connectivity index (χ0v) is 7.61. The molecular formula is C4H6F2N3PS. The van der Waals surface area contributed by atoms with E-state index in [2.05, 4.69) is 15.5 Å². The molecule has 1 unspecified atom stereocenters. The van der Waals surface area contributed by atoms with Crippen LogP contribution >= 0.6 is 20.6 Å². The van der Waals surface area contributed by atoms with Crippen molar-refractivity contribution < 1.29 is 8.78 Å². The summed E-state index contributed by atoms with van der Waals surface area (Å²) in [7, 11) is 3.01. The molecule has 0 radical (unpaired) electrons. The third-order valence-electron chi connectivity index (χ3n) is 0.924. The highest BCUT2D eigenvalue weighted by molar-refractivity contribution is 7.21. The minimum Gasteiger partial charge on any atom is -0.363 e. The number of anilines is 1. The average Bonchev–Trinajstić information content (AvgIpc) is 2.32. The van der Waals surface area contributed by atoms with E-state index in [0.717, 1.165) is 11.3 Å². The topological polar surface area (TPSA) is 37.8 Å². The maximum atomic E-state index is 12.4. The molecule has 1 N–H and O–H groups in total. The van der Waals surface area contributed by atoms with Crippen LogP contribution in [-0.2, 0) is 5.66 Å². The molecule has 0 fully saturated rings. The van der Waals surface area contributed by atoms with Gasteiger partial charge in [0.2, 0.25) is 5.13 Å². The van der Waals surface area contributed by atoms with Gasteiger partial charge in [0, 0.05) is 7.05 Å². The molecule has 0 aliphatic carbocycles. The van der Waals surface area contributed by atoms with Crippen LogP contribution in [0.3, 0.4) is 0 Å². The van der Waals surface area contributed by atoms with Crippen molar-refractivity contribution in [2.75, 3.05) is 12.4 Å². The summed E-state index contributed by atoms with van der Waals surface area (Å²) in [6.45, 7) is 0. The van der Waals surface area contributed by atoms with E-state index >= 15 is 0 Å². The second-order valence-corrected chi connectivity index (χ2v) is 3.49. The summed E-state index contributed by atoms with van der Waals surface area (Å²) in [4.78, 5) is 0. The number of nitrogens with one attached hydrogen (secondary N) is 1. The van der Waals surface area contributed by atoms with Crippen LogP contribution in [0, 0.1) is 0 Å². The van der Waals surface area contributed by atoms with Gasteiger partial charge in [-0.25, -0.2) is 0 Å². The van der Waals surface area contributed by atoms with Crippen molar-refractivity contribution in [3.05, 3.63) is 5.01 Å². The third-order valence-corrected chi connectivity index (χ3v) is 2.43. The number of nitrogens with zero attached hydrogens (tertiary/aromatic N) is 2. The fourth-order valence-electron chi connectivity index (χ4n) is 0.459. The van der Waals surface area contributed by atoms with Gasteiger partial charge >= 0.3 is 5.66 Å². The number of hydrogen-bond donors (Lipinski definition) is 1. The molecule has 11 heavy (non-hydrogen) atoms. The number of rotatable bonds is 2. The van der Waals surface area contributed by atoms with E-state index in [-0.39, 0.29) is 5.01 Å². The van der Waals surface area contributed by atoms with E-state index in [1.807, 2.05) is 0 Å². The Hall–Kier alpha value is -0.350. The van der Waals surface area contributed by atoms with Gasteiger partial charge in [-0.3, -0.25) is 0 Å². The average molecular weight is 197 g/mol. The van der Waals surface area contributed by atoms with Crippen molar-refractivity contribution in [3.63, 3.8) is 0 Å². The van der Waals surface area contributed by atoms with Gasteiger partial charge in [-0.2, -0.15) is 8.78 Å². The highest BCUT2D eigenvalue weighted by atomic mass is 32.1. The van der Waals surface area contributed by atoms with Crippen molar-refractivity contribution in [1.29, 1.82) is 0 Å². The van der Waals surface area contributed by atoms with Gasteiger partial charge < -0.3 is 5.32 Å². The summed E-state index contributed by atoms with van der Waals surface area (Å²) >= 11 is 0.836. The fraction of sp³-hybridized carbons (Fsp3) is 0.500. The first-order chi connectivity index (χ1) is 5.04. The lowest BCUT2D eigenvalue weighted by Gasteiger charge is -2.02. The molecule has 0 bridgehead atoms. The fourth-order valence-corrected chi connectivity index (χ4v) is 1.28. The van der Waals surface area contributed by atoms with Gasteiger partial charge in [0.05, 0.1) is 0 Å². The van der Waals surface area contributed by atoms with Crippen LogP contribution in [0.5, 0.6) is 0 Å². The molecule has 1 aromatic rings. The number of alkyl halides is 2. The zero-order valence-electron chi connectivity index (χ0n) is 5.64. The number of aromatic nitrogens is 2. The highest BCUT2D eigenvalue weighted by Crippen LogP contribution is 2.37. The highest BCUT2D eigenvalue weighted by Gasteiger charge is 2.29. The number of hydrogen-bond acceptors (Lipinski definition) is 4. The Balaban J connectivity index is 2.89. The minimum atomic E-state index is -2.97. The van der Waals surface area contributed by atoms with Crippen LogP contribution in [0.2, 0.25) is 0 Å². The second kappa shape index (κ2) is 2.95. The predicted octanol–water partition coefficient (Wildman–Crippen LogP) is 1.50. The molecule has 0 aliphatic rings. The minimum absolute atomic E-state index is 0.299. The lowest BCUT2D eigenvalue weighted by molar-refractivity contribution is 0.103. The summed E-state index contributed by atoms with van der Waals surface area (Å²) in [6.07, 6.45) is 0. The third kappa shape index (κ3) is 2.04. The molecule has 1 aromatic heterocycles. The van der Waals surface area contributed by atoms with Crippen molar-refractivity contribution in [2.24, 2.45) is 0 Å². The van der Waals surface area contributed by atoms with Crippen LogP contribution in [0.15, 0.2) is 0 Å². The standard InChI is InChI=1S/C4H6F2N3PS/c1-7-3-9-8-2(11-3)4(5,6)10/h10H2,1H3,(H,7,9). The first-order valence-corrected chi connectivity index (χ1v) is 4.12. The van der Waals surface area contributed by atoms with Crippen molar-refractivity contribution >= 4 is 25.7 Å². The Morgan fingerprint density at radius 2 is 2.18 bits per heavy atom. The van der Waals surface area contributed by atoms with Crippen LogP contribution in [0.25, 0.3) is 0 Å². The van der Waals surface area contributed by atoms with Gasteiger partial charge in [0.1, 0.15) is 0 Å². The summed E-state index contributed by atoms with van der Waals surface area (Å²) in [6, 6.07) is 0. The first kappa shape index (κ1) is 8.74. The summed E-state index contributed by atoms with van der Waals surface area (Å²) < 4.78 is 24.9. The molecule has 0 saturated heterocycles. The molecule has 3 nitrogen and oxygen atoms in total. The summed E-state index contributed by atoms with van der Waals surface area (Å²) in [5, 5.41) is 9.47. The maximum absolute atomic E-state index is 12.4. The Labute approximate surface area is 68.4 Å². The summed E-state index contributed by atoms with van der Waals surface area (Å²) in [5.74, 6) is 0. The van der Waals surface area contributed by atoms with E-state index in [9.17, 15) is 8.78 Å². The Kier molecular flexibility index (Phi) is 2.34. The van der Waals surface area contributed by atoms with E-state index in [0.29, 0.717) is 5.13 Å². The largest absolute Gasteiger partial charge is 0.363 e. The van der Waals surface area contributed by atoms with E-state index in [1.54, 1.807) is 7.05 Å². The van der Waals surface area contributed by atoms with Crippen molar-refractivity contribution in [1.82, 2.24) is 10.2 Å². The molecule has 62 valence electrons. The Morgan fingerprint density at radius 3 is 2.45 bits per heavy atom. The second-order valence-electron chi connectivity index (χ2n) is 1.79. The SMILES string of the molecule is CNc1nnc(C(F)(F)P)s1. The molecule has 0 saturated carbocycles. The summed E-state index contributed by atoms with van der Waals surface area (Å²) in [5.41, 5.74) is -2.97. The normalized spacial score (nSPS) is 11.6. The lowest BCUT2D eigenvalue weighted by atomic mass is 10.7. The zero-order chi connectivity index (χ0) is 8.48. The molecule has 1 heterocycles. The molecular weight excluding hydrogens is 191 g/mol. The van der Waals surface area contributed by atoms with Crippen molar-refractivity contribution in [3.8, 4) is 0 Å². The smallest absolute Gasteiger partial charge is 0.311 e. The maximum Gasteiger partial charge on any atom is 0.311 e. The van der Waals surface area contributed by atoms with Crippen LogP contribution in [0.4, 0.5) is 13.9 Å². The molecule has 0 aromatic carbocycles. The molecule has 7 heteroatoms.